The Balaban J connectivity index is 3.92. The van der Waals surface area contributed by atoms with Gasteiger partial charge in [0.1, 0.15) is 5.60 Å². The molecule has 0 spiro atoms. The molecule has 0 rings (SSSR count). The fourth-order valence-corrected chi connectivity index (χ4v) is 0.662. The number of esters is 2. The van der Waals surface area contributed by atoms with Gasteiger partial charge < -0.3 is 14.6 Å². The molecule has 15 heavy (non-hydrogen) atoms. The van der Waals surface area contributed by atoms with Crippen molar-refractivity contribution in [3.63, 3.8) is 0 Å². The van der Waals surface area contributed by atoms with Crippen LogP contribution in [0.1, 0.15) is 20.8 Å². The van der Waals surface area contributed by atoms with Crippen molar-refractivity contribution in [2.24, 2.45) is 0 Å². The van der Waals surface area contributed by atoms with Crippen LogP contribution in [0.5, 0.6) is 0 Å². The number of carbonyl (C=O) groups is 2. The van der Waals surface area contributed by atoms with Gasteiger partial charge in [-0.2, -0.15) is 0 Å². The van der Waals surface area contributed by atoms with E-state index in [9.17, 15) is 9.59 Å². The normalized spacial score (nSPS) is 10.7. The minimum absolute atomic E-state index is 0.0986. The molecule has 0 aromatic carbocycles. The lowest BCUT2D eigenvalue weighted by Crippen LogP contribution is -2.27. The lowest BCUT2D eigenvalue weighted by atomic mass is 10.2. The zero-order chi connectivity index (χ0) is 12.1. The molecule has 0 aromatic heterocycles. The van der Waals surface area contributed by atoms with E-state index in [1.165, 1.54) is 0 Å². The molecule has 0 radical (unpaired) electrons. The summed E-state index contributed by atoms with van der Waals surface area (Å²) in [6, 6.07) is 0. The predicted octanol–water partition coefficient (Wildman–Crippen LogP) is 0.420. The number of hydrogen-bond acceptors (Lipinski definition) is 5. The van der Waals surface area contributed by atoms with Crippen molar-refractivity contribution in [1.82, 2.24) is 0 Å². The second-order valence-corrected chi connectivity index (χ2v) is 3.92. The van der Waals surface area contributed by atoms with Crippen LogP contribution in [0.2, 0.25) is 0 Å². The number of carbonyl (C=O) groups excluding carboxylic acids is 2. The largest absolute Gasteiger partial charge is 0.457 e. The van der Waals surface area contributed by atoms with E-state index in [-0.39, 0.29) is 5.57 Å². The summed E-state index contributed by atoms with van der Waals surface area (Å²) in [5, 5.41) is 8.54. The van der Waals surface area contributed by atoms with Gasteiger partial charge in [-0.25, -0.2) is 9.59 Å². The van der Waals surface area contributed by atoms with Gasteiger partial charge in [0.25, 0.3) is 0 Å². The van der Waals surface area contributed by atoms with Crippen LogP contribution in [0.15, 0.2) is 12.2 Å². The molecule has 0 fully saturated rings. The van der Waals surface area contributed by atoms with Gasteiger partial charge in [-0.15, -0.1) is 0 Å². The van der Waals surface area contributed by atoms with E-state index in [1.54, 1.807) is 20.8 Å². The second-order valence-electron chi connectivity index (χ2n) is 3.92. The Morgan fingerprint density at radius 3 is 2.27 bits per heavy atom. The van der Waals surface area contributed by atoms with Gasteiger partial charge in [0.05, 0.1) is 12.2 Å². The van der Waals surface area contributed by atoms with Crippen LogP contribution in [-0.2, 0) is 19.1 Å². The monoisotopic (exact) mass is 216 g/mol. The third kappa shape index (κ3) is 6.68. The molecule has 0 heterocycles. The molecule has 0 saturated heterocycles. The Morgan fingerprint density at radius 1 is 1.33 bits per heavy atom. The van der Waals surface area contributed by atoms with E-state index < -0.39 is 30.8 Å². The molecule has 0 bridgehead atoms. The maximum Gasteiger partial charge on any atom is 0.344 e. The van der Waals surface area contributed by atoms with Crippen LogP contribution in [0.3, 0.4) is 0 Å². The van der Waals surface area contributed by atoms with Crippen molar-refractivity contribution in [2.75, 3.05) is 13.2 Å². The number of aliphatic hydroxyl groups is 1. The maximum absolute atomic E-state index is 11.1. The fourth-order valence-electron chi connectivity index (χ4n) is 0.662. The topological polar surface area (TPSA) is 72.8 Å². The molecule has 86 valence electrons. The minimum Gasteiger partial charge on any atom is -0.457 e. The summed E-state index contributed by atoms with van der Waals surface area (Å²) in [6.45, 7) is 7.40. The SMILES string of the molecule is C=C(CO)C(=O)OCC(=O)OC(C)(C)C. The molecule has 1 N–H and O–H groups in total. The Bertz CT molecular complexity index is 261. The lowest BCUT2D eigenvalue weighted by molar-refractivity contribution is -0.165. The van der Waals surface area contributed by atoms with E-state index in [0.717, 1.165) is 0 Å². The summed E-state index contributed by atoms with van der Waals surface area (Å²) in [4.78, 5) is 22.0. The molecular formula is C10H16O5. The molecule has 5 nitrogen and oxygen atoms in total. The molecule has 0 aliphatic carbocycles. The standard InChI is InChI=1S/C10H16O5/c1-7(5-11)9(13)14-6-8(12)15-10(2,3)4/h11H,1,5-6H2,2-4H3. The number of hydrogen-bond donors (Lipinski definition) is 1. The third-order valence-electron chi connectivity index (χ3n) is 1.22. The quantitative estimate of drug-likeness (QED) is 0.544. The first-order valence-corrected chi connectivity index (χ1v) is 4.44. The summed E-state index contributed by atoms with van der Waals surface area (Å²) in [5.74, 6) is -1.44. The predicted molar refractivity (Wildman–Crippen MR) is 53.0 cm³/mol. The summed E-state index contributed by atoms with van der Waals surface area (Å²) in [7, 11) is 0. The Labute approximate surface area is 88.7 Å². The average molecular weight is 216 g/mol. The number of aliphatic hydroxyl groups excluding tert-OH is 1. The van der Waals surface area contributed by atoms with Gasteiger partial charge in [0, 0.05) is 0 Å². The Kier molecular flexibility index (Phi) is 5.00. The summed E-state index contributed by atoms with van der Waals surface area (Å²) in [6.07, 6.45) is 0. The van der Waals surface area contributed by atoms with Crippen molar-refractivity contribution in [3.05, 3.63) is 12.2 Å². The highest BCUT2D eigenvalue weighted by Gasteiger charge is 2.18. The van der Waals surface area contributed by atoms with E-state index in [2.05, 4.69) is 11.3 Å². The molecular weight excluding hydrogens is 200 g/mol. The highest BCUT2D eigenvalue weighted by molar-refractivity contribution is 5.89. The highest BCUT2D eigenvalue weighted by atomic mass is 16.6. The summed E-state index contributed by atoms with van der Waals surface area (Å²) < 4.78 is 9.42. The van der Waals surface area contributed by atoms with E-state index >= 15 is 0 Å². The van der Waals surface area contributed by atoms with Crippen LogP contribution in [-0.4, -0.2) is 35.9 Å². The van der Waals surface area contributed by atoms with Crippen LogP contribution in [0.4, 0.5) is 0 Å². The van der Waals surface area contributed by atoms with Crippen LogP contribution >= 0.6 is 0 Å². The van der Waals surface area contributed by atoms with Gasteiger partial charge in [-0.3, -0.25) is 0 Å². The third-order valence-corrected chi connectivity index (χ3v) is 1.22. The minimum atomic E-state index is -0.802. The van der Waals surface area contributed by atoms with Crippen molar-refractivity contribution >= 4 is 11.9 Å². The van der Waals surface area contributed by atoms with Crippen molar-refractivity contribution in [1.29, 1.82) is 0 Å². The molecule has 0 amide bonds. The second kappa shape index (κ2) is 5.50. The van der Waals surface area contributed by atoms with Crippen molar-refractivity contribution in [2.45, 2.75) is 26.4 Å². The van der Waals surface area contributed by atoms with E-state index in [1.807, 2.05) is 0 Å². The zero-order valence-electron chi connectivity index (χ0n) is 9.20. The molecule has 5 heteroatoms. The van der Waals surface area contributed by atoms with Gasteiger partial charge in [0.15, 0.2) is 6.61 Å². The Morgan fingerprint density at radius 2 is 1.87 bits per heavy atom. The first-order chi connectivity index (χ1) is 6.76. The van der Waals surface area contributed by atoms with Crippen LogP contribution in [0, 0.1) is 0 Å². The van der Waals surface area contributed by atoms with Gasteiger partial charge in [-0.1, -0.05) is 6.58 Å². The van der Waals surface area contributed by atoms with Crippen LogP contribution in [0.25, 0.3) is 0 Å². The Hall–Kier alpha value is -1.36. The molecule has 0 aromatic rings. The number of rotatable bonds is 4. The first-order valence-electron chi connectivity index (χ1n) is 4.44. The van der Waals surface area contributed by atoms with Gasteiger partial charge in [0.2, 0.25) is 0 Å². The summed E-state index contributed by atoms with van der Waals surface area (Å²) >= 11 is 0. The average Bonchev–Trinajstić information content (AvgIpc) is 2.10. The van der Waals surface area contributed by atoms with E-state index in [0.29, 0.717) is 0 Å². The van der Waals surface area contributed by atoms with Crippen molar-refractivity contribution < 1.29 is 24.2 Å². The first kappa shape index (κ1) is 13.6. The van der Waals surface area contributed by atoms with Crippen LogP contribution < -0.4 is 0 Å². The summed E-state index contributed by atoms with van der Waals surface area (Å²) in [5.41, 5.74) is -0.712. The molecule has 0 aliphatic rings. The molecule has 0 saturated carbocycles. The smallest absolute Gasteiger partial charge is 0.344 e. The van der Waals surface area contributed by atoms with Gasteiger partial charge in [-0.05, 0) is 20.8 Å². The van der Waals surface area contributed by atoms with E-state index in [4.69, 9.17) is 9.84 Å². The fraction of sp³-hybridized carbons (Fsp3) is 0.600. The zero-order valence-corrected chi connectivity index (χ0v) is 9.20. The number of ether oxygens (including phenoxy) is 2. The lowest BCUT2D eigenvalue weighted by Gasteiger charge is -2.19. The van der Waals surface area contributed by atoms with Crippen molar-refractivity contribution in [3.8, 4) is 0 Å². The molecule has 0 atom stereocenters. The van der Waals surface area contributed by atoms with Gasteiger partial charge >= 0.3 is 11.9 Å². The molecule has 0 aliphatic heterocycles. The maximum atomic E-state index is 11.1. The molecule has 0 unspecified atom stereocenters. The highest BCUT2D eigenvalue weighted by Crippen LogP contribution is 2.07.